The van der Waals surface area contributed by atoms with Crippen LogP contribution in [0, 0.1) is 13.8 Å². The normalized spacial score (nSPS) is 10.5. The van der Waals surface area contributed by atoms with Gasteiger partial charge in [-0.15, -0.1) is 0 Å². The number of rotatable bonds is 6. The Morgan fingerprint density at radius 1 is 1.06 bits per heavy atom. The average Bonchev–Trinajstić information content (AvgIpc) is 2.73. The Kier molecular flexibility index (Phi) is 7.00. The van der Waals surface area contributed by atoms with E-state index in [1.54, 1.807) is 0 Å². The molecular formula is C25H26ClN3O2. The van der Waals surface area contributed by atoms with Crippen LogP contribution in [-0.2, 0) is 6.61 Å². The number of ether oxygens (including phenoxy) is 1. The number of hydrazine groups is 1. The smallest absolute Gasteiger partial charge is 0.335 e. The van der Waals surface area contributed by atoms with Crippen LogP contribution in [0.2, 0.25) is 5.02 Å². The molecule has 3 aromatic rings. The van der Waals surface area contributed by atoms with Crippen molar-refractivity contribution in [3.63, 3.8) is 0 Å². The van der Waals surface area contributed by atoms with Crippen LogP contribution < -0.4 is 15.9 Å². The van der Waals surface area contributed by atoms with E-state index in [2.05, 4.69) is 11.9 Å². The molecule has 160 valence electrons. The molecule has 0 saturated heterocycles. The minimum Gasteiger partial charge on any atom is -0.489 e. The Morgan fingerprint density at radius 3 is 2.45 bits per heavy atom. The lowest BCUT2D eigenvalue weighted by atomic mass is 9.98. The van der Waals surface area contributed by atoms with Crippen LogP contribution in [0.3, 0.4) is 0 Å². The quantitative estimate of drug-likeness (QED) is 0.286. The molecule has 2 amide bonds. The largest absolute Gasteiger partial charge is 0.489 e. The molecule has 0 aliphatic rings. The van der Waals surface area contributed by atoms with Gasteiger partial charge in [0.25, 0.3) is 0 Å². The van der Waals surface area contributed by atoms with E-state index in [1.807, 2.05) is 74.5 Å². The monoisotopic (exact) mass is 435 g/mol. The van der Waals surface area contributed by atoms with Gasteiger partial charge >= 0.3 is 6.03 Å². The van der Waals surface area contributed by atoms with E-state index in [4.69, 9.17) is 22.2 Å². The molecule has 0 aliphatic heterocycles. The van der Waals surface area contributed by atoms with Crippen LogP contribution >= 0.6 is 11.6 Å². The summed E-state index contributed by atoms with van der Waals surface area (Å²) in [5.41, 5.74) is 6.44. The van der Waals surface area contributed by atoms with Crippen LogP contribution in [0.15, 0.2) is 67.2 Å². The Bertz CT molecular complexity index is 1130. The molecule has 0 fully saturated rings. The summed E-state index contributed by atoms with van der Waals surface area (Å²) < 4.78 is 6.10. The van der Waals surface area contributed by atoms with Crippen molar-refractivity contribution in [2.75, 3.05) is 12.4 Å². The fraction of sp³-hybridized carbons (Fsp3) is 0.160. The third-order valence-electron chi connectivity index (χ3n) is 5.04. The summed E-state index contributed by atoms with van der Waals surface area (Å²) >= 11 is 6.11. The summed E-state index contributed by atoms with van der Waals surface area (Å²) in [4.78, 5) is 12.0. The maximum absolute atomic E-state index is 12.0. The highest BCUT2D eigenvalue weighted by Crippen LogP contribution is 2.29. The van der Waals surface area contributed by atoms with E-state index in [0.29, 0.717) is 17.3 Å². The van der Waals surface area contributed by atoms with Crippen molar-refractivity contribution in [2.45, 2.75) is 20.5 Å². The number of aryl methyl sites for hydroxylation is 2. The number of anilines is 1. The van der Waals surface area contributed by atoms with E-state index < -0.39 is 6.03 Å². The first kappa shape index (κ1) is 22.4. The zero-order valence-corrected chi connectivity index (χ0v) is 18.7. The highest BCUT2D eigenvalue weighted by Gasteiger charge is 2.12. The topological polar surface area (TPSA) is 67.6 Å². The lowest BCUT2D eigenvalue weighted by molar-refractivity contribution is 0.223. The van der Waals surface area contributed by atoms with Crippen molar-refractivity contribution in [3.8, 4) is 5.75 Å². The zero-order valence-electron chi connectivity index (χ0n) is 17.9. The molecule has 3 rings (SSSR count). The molecular weight excluding hydrogens is 410 g/mol. The van der Waals surface area contributed by atoms with Crippen molar-refractivity contribution in [2.24, 2.45) is 5.84 Å². The molecule has 0 bridgehead atoms. The maximum Gasteiger partial charge on any atom is 0.335 e. The van der Waals surface area contributed by atoms with Gasteiger partial charge in [-0.05, 0) is 72.0 Å². The molecule has 0 unspecified atom stereocenters. The van der Waals surface area contributed by atoms with E-state index in [-0.39, 0.29) is 0 Å². The molecule has 6 heteroatoms. The van der Waals surface area contributed by atoms with Gasteiger partial charge in [-0.2, -0.15) is 0 Å². The van der Waals surface area contributed by atoms with Crippen LogP contribution in [0.4, 0.5) is 10.5 Å². The zero-order chi connectivity index (χ0) is 22.5. The van der Waals surface area contributed by atoms with Gasteiger partial charge in [0.15, 0.2) is 0 Å². The Balaban J connectivity index is 1.78. The summed E-state index contributed by atoms with van der Waals surface area (Å²) in [5, 5.41) is 4.49. The molecule has 0 heterocycles. The van der Waals surface area contributed by atoms with Gasteiger partial charge in [0, 0.05) is 23.3 Å². The standard InChI is InChI=1S/C25H26ClN3O2/c1-16-7-5-10-23(28-25(30)29(4)27)22(16)15-31-24-12-11-20(13-17(24)2)18(3)19-8-6-9-21(26)14-19/h5-14H,3,15,27H2,1-2,4H3,(H,28,30). The van der Waals surface area contributed by atoms with Gasteiger partial charge in [-0.25, -0.2) is 10.6 Å². The number of nitrogens with two attached hydrogens (primary N) is 1. The second-order valence-electron chi connectivity index (χ2n) is 7.40. The van der Waals surface area contributed by atoms with Gasteiger partial charge in [0.05, 0.1) is 0 Å². The number of urea groups is 1. The second-order valence-corrected chi connectivity index (χ2v) is 7.84. The molecule has 0 spiro atoms. The molecule has 3 N–H and O–H groups in total. The SMILES string of the molecule is C=C(c1cccc(Cl)c1)c1ccc(OCc2c(C)cccc2NC(=O)N(C)N)c(C)c1. The maximum atomic E-state index is 12.0. The van der Waals surface area contributed by atoms with Crippen molar-refractivity contribution >= 4 is 28.9 Å². The van der Waals surface area contributed by atoms with Gasteiger partial charge < -0.3 is 10.1 Å². The van der Waals surface area contributed by atoms with E-state index in [1.165, 1.54) is 7.05 Å². The second kappa shape index (κ2) is 9.69. The summed E-state index contributed by atoms with van der Waals surface area (Å²) in [6, 6.07) is 18.9. The van der Waals surface area contributed by atoms with Gasteiger partial charge in [0.2, 0.25) is 0 Å². The van der Waals surface area contributed by atoms with Crippen molar-refractivity contribution in [1.82, 2.24) is 5.01 Å². The molecule has 0 aromatic heterocycles. The fourth-order valence-electron chi connectivity index (χ4n) is 3.21. The van der Waals surface area contributed by atoms with Gasteiger partial charge in [-0.3, -0.25) is 5.01 Å². The number of hydrogen-bond donors (Lipinski definition) is 2. The molecule has 0 saturated carbocycles. The highest BCUT2D eigenvalue weighted by molar-refractivity contribution is 6.30. The molecule has 0 radical (unpaired) electrons. The number of benzene rings is 3. The van der Waals surface area contributed by atoms with Crippen LogP contribution in [0.1, 0.15) is 27.8 Å². The van der Waals surface area contributed by atoms with Gasteiger partial charge in [0.1, 0.15) is 12.4 Å². The number of carbonyl (C=O) groups is 1. The molecule has 31 heavy (non-hydrogen) atoms. The molecule has 3 aromatic carbocycles. The Labute approximate surface area is 188 Å². The Morgan fingerprint density at radius 2 is 1.77 bits per heavy atom. The summed E-state index contributed by atoms with van der Waals surface area (Å²) in [6.07, 6.45) is 0. The number of amides is 2. The third kappa shape index (κ3) is 5.45. The summed E-state index contributed by atoms with van der Waals surface area (Å²) in [5.74, 6) is 6.28. The van der Waals surface area contributed by atoms with Crippen LogP contribution in [0.25, 0.3) is 5.57 Å². The number of nitrogens with zero attached hydrogens (tertiary/aromatic N) is 1. The first-order valence-electron chi connectivity index (χ1n) is 9.83. The van der Waals surface area contributed by atoms with Crippen molar-refractivity contribution < 1.29 is 9.53 Å². The van der Waals surface area contributed by atoms with E-state index in [9.17, 15) is 4.79 Å². The first-order chi connectivity index (χ1) is 14.8. The molecule has 0 aliphatic carbocycles. The third-order valence-corrected chi connectivity index (χ3v) is 5.28. The van der Waals surface area contributed by atoms with E-state index in [0.717, 1.165) is 44.1 Å². The minimum absolute atomic E-state index is 0.312. The fourth-order valence-corrected chi connectivity index (χ4v) is 3.40. The number of carbonyl (C=O) groups excluding carboxylic acids is 1. The lowest BCUT2D eigenvalue weighted by Gasteiger charge is -2.18. The average molecular weight is 436 g/mol. The summed E-state index contributed by atoms with van der Waals surface area (Å²) in [6.45, 7) is 8.49. The van der Waals surface area contributed by atoms with Crippen molar-refractivity contribution in [3.05, 3.63) is 100 Å². The highest BCUT2D eigenvalue weighted by atomic mass is 35.5. The predicted octanol–water partition coefficient (Wildman–Crippen LogP) is 5.93. The van der Waals surface area contributed by atoms with Crippen LogP contribution in [-0.4, -0.2) is 18.1 Å². The van der Waals surface area contributed by atoms with Crippen molar-refractivity contribution in [1.29, 1.82) is 0 Å². The van der Waals surface area contributed by atoms with E-state index >= 15 is 0 Å². The first-order valence-corrected chi connectivity index (χ1v) is 10.2. The van der Waals surface area contributed by atoms with Gasteiger partial charge in [-0.1, -0.05) is 48.5 Å². The predicted molar refractivity (Wildman–Crippen MR) is 127 cm³/mol. The summed E-state index contributed by atoms with van der Waals surface area (Å²) in [7, 11) is 1.49. The van der Waals surface area contributed by atoms with Crippen LogP contribution in [0.5, 0.6) is 5.75 Å². The number of hydrogen-bond acceptors (Lipinski definition) is 3. The minimum atomic E-state index is -0.396. The lowest BCUT2D eigenvalue weighted by Crippen LogP contribution is -2.37. The molecule has 0 atom stereocenters. The number of nitrogens with one attached hydrogen (secondary N) is 1. The molecule has 5 nitrogen and oxygen atoms in total. The Hall–Kier alpha value is -3.28. The number of halogens is 1.